The number of nitrogens with zero attached hydrogens (tertiary/aromatic N) is 1. The highest BCUT2D eigenvalue weighted by molar-refractivity contribution is 7.89. The molecule has 26 heavy (non-hydrogen) atoms. The average Bonchev–Trinajstić information content (AvgIpc) is 3.06. The zero-order chi connectivity index (χ0) is 18.7. The second-order valence-electron chi connectivity index (χ2n) is 6.05. The smallest absolute Gasteiger partial charge is 0.240 e. The fourth-order valence-corrected chi connectivity index (χ4v) is 4.42. The second kappa shape index (κ2) is 7.65. The van der Waals surface area contributed by atoms with Crippen LogP contribution in [-0.2, 0) is 16.4 Å². The van der Waals surface area contributed by atoms with Crippen molar-refractivity contribution in [1.82, 2.24) is 9.71 Å². The highest BCUT2D eigenvalue weighted by Gasteiger charge is 2.14. The van der Waals surface area contributed by atoms with Gasteiger partial charge in [-0.15, -0.1) is 11.3 Å². The van der Waals surface area contributed by atoms with E-state index in [-0.39, 0.29) is 17.3 Å². The van der Waals surface area contributed by atoms with Crippen molar-refractivity contribution in [3.05, 3.63) is 70.5 Å². The van der Waals surface area contributed by atoms with Crippen molar-refractivity contribution in [2.45, 2.75) is 25.2 Å². The fourth-order valence-electron chi connectivity index (χ4n) is 2.45. The summed E-state index contributed by atoms with van der Waals surface area (Å²) in [6.07, 6.45) is 0.468. The lowest BCUT2D eigenvalue weighted by molar-refractivity contribution is 0.581. The maximum atomic E-state index is 13.3. The van der Waals surface area contributed by atoms with Crippen LogP contribution in [0.4, 0.5) is 4.39 Å². The largest absolute Gasteiger partial charge is 0.241 e. The molecule has 4 nitrogen and oxygen atoms in total. The first kappa shape index (κ1) is 18.7. The van der Waals surface area contributed by atoms with E-state index >= 15 is 0 Å². The van der Waals surface area contributed by atoms with Gasteiger partial charge in [-0.25, -0.2) is 22.5 Å². The Bertz CT molecular complexity index is 1030. The zero-order valence-corrected chi connectivity index (χ0v) is 16.1. The number of hydrogen-bond acceptors (Lipinski definition) is 4. The lowest BCUT2D eigenvalue weighted by Crippen LogP contribution is -2.26. The van der Waals surface area contributed by atoms with Gasteiger partial charge in [-0.2, -0.15) is 0 Å². The van der Waals surface area contributed by atoms with Crippen LogP contribution in [0, 0.1) is 19.7 Å². The molecule has 0 atom stereocenters. The van der Waals surface area contributed by atoms with E-state index in [1.165, 1.54) is 23.5 Å². The molecule has 0 saturated carbocycles. The van der Waals surface area contributed by atoms with Crippen LogP contribution in [-0.4, -0.2) is 19.9 Å². The van der Waals surface area contributed by atoms with Crippen LogP contribution in [0.5, 0.6) is 0 Å². The Morgan fingerprint density at radius 1 is 1.12 bits per heavy atom. The summed E-state index contributed by atoms with van der Waals surface area (Å²) in [4.78, 5) is 4.72. The van der Waals surface area contributed by atoms with Gasteiger partial charge in [0, 0.05) is 23.9 Å². The molecule has 1 aromatic heterocycles. The second-order valence-corrected chi connectivity index (χ2v) is 8.67. The Morgan fingerprint density at radius 3 is 2.65 bits per heavy atom. The van der Waals surface area contributed by atoms with Crippen LogP contribution in [0.2, 0.25) is 0 Å². The van der Waals surface area contributed by atoms with Gasteiger partial charge >= 0.3 is 0 Å². The van der Waals surface area contributed by atoms with Crippen molar-refractivity contribution in [3.8, 4) is 10.6 Å². The third kappa shape index (κ3) is 4.35. The number of halogens is 1. The van der Waals surface area contributed by atoms with Gasteiger partial charge in [-0.1, -0.05) is 18.2 Å². The standard InChI is InChI=1S/C19H19FN2O2S2/c1-13-6-7-18(10-14(13)2)26(23,24)21-9-8-17-12-25-19(22-17)15-4-3-5-16(20)11-15/h3-7,10-12,21H,8-9H2,1-2H3. The first-order valence-corrected chi connectivity index (χ1v) is 10.5. The van der Waals surface area contributed by atoms with Crippen LogP contribution in [0.1, 0.15) is 16.8 Å². The van der Waals surface area contributed by atoms with Crippen molar-refractivity contribution in [1.29, 1.82) is 0 Å². The van der Waals surface area contributed by atoms with E-state index in [0.717, 1.165) is 27.4 Å². The first-order chi connectivity index (χ1) is 12.3. The molecule has 1 heterocycles. The molecule has 3 rings (SSSR count). The molecule has 0 unspecified atom stereocenters. The Balaban J connectivity index is 1.64. The molecule has 0 bridgehead atoms. The number of aromatic nitrogens is 1. The molecule has 0 saturated heterocycles. The number of rotatable bonds is 6. The molecule has 0 aliphatic rings. The van der Waals surface area contributed by atoms with Crippen molar-refractivity contribution in [2.24, 2.45) is 0 Å². The molecular formula is C19H19FN2O2S2. The molecule has 0 fully saturated rings. The average molecular weight is 391 g/mol. The van der Waals surface area contributed by atoms with E-state index in [9.17, 15) is 12.8 Å². The highest BCUT2D eigenvalue weighted by atomic mass is 32.2. The van der Waals surface area contributed by atoms with Gasteiger partial charge < -0.3 is 0 Å². The Morgan fingerprint density at radius 2 is 1.92 bits per heavy atom. The summed E-state index contributed by atoms with van der Waals surface area (Å²) in [6, 6.07) is 11.3. The van der Waals surface area contributed by atoms with E-state index in [1.54, 1.807) is 30.3 Å². The Hall–Kier alpha value is -2.09. The van der Waals surface area contributed by atoms with E-state index < -0.39 is 10.0 Å². The third-order valence-corrected chi connectivity index (χ3v) is 6.48. The van der Waals surface area contributed by atoms with Crippen molar-refractivity contribution in [3.63, 3.8) is 0 Å². The molecule has 136 valence electrons. The van der Waals surface area contributed by atoms with E-state index in [0.29, 0.717) is 6.42 Å². The van der Waals surface area contributed by atoms with Crippen LogP contribution in [0.25, 0.3) is 10.6 Å². The van der Waals surface area contributed by atoms with Crippen LogP contribution < -0.4 is 4.72 Å². The maximum absolute atomic E-state index is 13.3. The van der Waals surface area contributed by atoms with Crippen LogP contribution in [0.15, 0.2) is 52.7 Å². The Labute approximate surface area is 156 Å². The highest BCUT2D eigenvalue weighted by Crippen LogP contribution is 2.24. The molecule has 0 aliphatic heterocycles. The summed E-state index contributed by atoms with van der Waals surface area (Å²) < 4.78 is 40.7. The molecule has 0 spiro atoms. The number of nitrogens with one attached hydrogen (secondary N) is 1. The number of thiazole rings is 1. The molecule has 3 aromatic rings. The van der Waals surface area contributed by atoms with Crippen molar-refractivity contribution >= 4 is 21.4 Å². The number of aryl methyl sites for hydroxylation is 2. The van der Waals surface area contributed by atoms with Gasteiger partial charge in [0.25, 0.3) is 0 Å². The van der Waals surface area contributed by atoms with Gasteiger partial charge in [-0.3, -0.25) is 0 Å². The molecule has 0 amide bonds. The molecule has 0 radical (unpaired) electrons. The van der Waals surface area contributed by atoms with Gasteiger partial charge in [0.2, 0.25) is 10.0 Å². The predicted octanol–water partition coefficient (Wildman–Crippen LogP) is 4.09. The first-order valence-electron chi connectivity index (χ1n) is 8.12. The van der Waals surface area contributed by atoms with Gasteiger partial charge in [0.15, 0.2) is 0 Å². The normalized spacial score (nSPS) is 11.7. The van der Waals surface area contributed by atoms with Crippen LogP contribution >= 0.6 is 11.3 Å². The summed E-state index contributed by atoms with van der Waals surface area (Å²) >= 11 is 1.41. The summed E-state index contributed by atoms with van der Waals surface area (Å²) in [5.41, 5.74) is 3.48. The maximum Gasteiger partial charge on any atom is 0.240 e. The Kier molecular flexibility index (Phi) is 5.50. The molecule has 0 aliphatic carbocycles. The van der Waals surface area contributed by atoms with E-state index in [2.05, 4.69) is 9.71 Å². The minimum absolute atomic E-state index is 0.252. The van der Waals surface area contributed by atoms with Crippen molar-refractivity contribution in [2.75, 3.05) is 6.54 Å². The number of sulfonamides is 1. The third-order valence-electron chi connectivity index (χ3n) is 4.09. The minimum atomic E-state index is -3.54. The lowest BCUT2D eigenvalue weighted by Gasteiger charge is -2.08. The van der Waals surface area contributed by atoms with E-state index in [1.807, 2.05) is 19.2 Å². The summed E-state index contributed by atoms with van der Waals surface area (Å²) in [5.74, 6) is -0.305. The molecule has 7 heteroatoms. The van der Waals surface area contributed by atoms with E-state index in [4.69, 9.17) is 0 Å². The van der Waals surface area contributed by atoms with Gasteiger partial charge in [0.1, 0.15) is 10.8 Å². The zero-order valence-electron chi connectivity index (χ0n) is 14.5. The molecule has 1 N–H and O–H groups in total. The fraction of sp³-hybridized carbons (Fsp3) is 0.211. The lowest BCUT2D eigenvalue weighted by atomic mass is 10.1. The monoisotopic (exact) mass is 390 g/mol. The quantitative estimate of drug-likeness (QED) is 0.690. The summed E-state index contributed by atoms with van der Waals surface area (Å²) in [6.45, 7) is 4.08. The molecule has 2 aromatic carbocycles. The van der Waals surface area contributed by atoms with Gasteiger partial charge in [-0.05, 0) is 49.2 Å². The topological polar surface area (TPSA) is 59.1 Å². The number of hydrogen-bond donors (Lipinski definition) is 1. The SMILES string of the molecule is Cc1ccc(S(=O)(=O)NCCc2csc(-c3cccc(F)c3)n2)cc1C. The summed E-state index contributed by atoms with van der Waals surface area (Å²) in [5, 5.41) is 2.58. The predicted molar refractivity (Wildman–Crippen MR) is 102 cm³/mol. The van der Waals surface area contributed by atoms with Crippen molar-refractivity contribution < 1.29 is 12.8 Å². The molecular weight excluding hydrogens is 371 g/mol. The minimum Gasteiger partial charge on any atom is -0.241 e. The van der Waals surface area contributed by atoms with Gasteiger partial charge in [0.05, 0.1) is 10.6 Å². The number of benzene rings is 2. The van der Waals surface area contributed by atoms with Crippen LogP contribution in [0.3, 0.4) is 0 Å². The summed E-state index contributed by atoms with van der Waals surface area (Å²) in [7, 11) is -3.54.